The molecule has 0 aliphatic heterocycles. The number of aryl methyl sites for hydroxylation is 2. The number of benzene rings is 2. The molecule has 0 aliphatic rings. The van der Waals surface area contributed by atoms with Gasteiger partial charge in [-0.25, -0.2) is 4.98 Å². The summed E-state index contributed by atoms with van der Waals surface area (Å²) >= 11 is 7.30. The van der Waals surface area contributed by atoms with Gasteiger partial charge in [-0.3, -0.25) is 19.0 Å². The average Bonchev–Trinajstić information content (AvgIpc) is 3.06. The Labute approximate surface area is 200 Å². The van der Waals surface area contributed by atoms with E-state index in [9.17, 15) is 14.4 Å². The fourth-order valence-corrected chi connectivity index (χ4v) is 5.04. The number of aromatic amines is 1. The van der Waals surface area contributed by atoms with Crippen molar-refractivity contribution in [2.75, 3.05) is 5.75 Å². The fraction of sp³-hybridized carbons (Fsp3) is 0.200. The number of nitrogens with one attached hydrogen (secondary N) is 1. The van der Waals surface area contributed by atoms with Gasteiger partial charge in [0.2, 0.25) is 0 Å². The topological polar surface area (TPSA) is 84.8 Å². The quantitative estimate of drug-likeness (QED) is 0.225. The van der Waals surface area contributed by atoms with Crippen molar-refractivity contribution in [1.82, 2.24) is 14.5 Å². The van der Waals surface area contributed by atoms with Crippen LogP contribution in [0.4, 0.5) is 0 Å². The Hall–Kier alpha value is -3.16. The van der Waals surface area contributed by atoms with E-state index < -0.39 is 0 Å². The number of halogens is 1. The van der Waals surface area contributed by atoms with Crippen LogP contribution in [0.2, 0.25) is 5.02 Å². The average molecular weight is 480 g/mol. The second-order valence-corrected chi connectivity index (χ2v) is 9.31. The summed E-state index contributed by atoms with van der Waals surface area (Å²) in [6.45, 7) is 6.97. The first-order valence-electron chi connectivity index (χ1n) is 10.3. The van der Waals surface area contributed by atoms with Crippen molar-refractivity contribution in [3.8, 4) is 5.69 Å². The summed E-state index contributed by atoms with van der Waals surface area (Å²) in [7, 11) is 0. The number of hydrogen-bond donors (Lipinski definition) is 1. The van der Waals surface area contributed by atoms with E-state index >= 15 is 0 Å². The summed E-state index contributed by atoms with van der Waals surface area (Å²) in [4.78, 5) is 46.1. The molecular weight excluding hydrogens is 458 g/mol. The zero-order valence-corrected chi connectivity index (χ0v) is 20.2. The van der Waals surface area contributed by atoms with E-state index in [1.165, 1.54) is 23.3 Å². The maximum absolute atomic E-state index is 13.4. The smallest absolute Gasteiger partial charge is 0.266 e. The van der Waals surface area contributed by atoms with Gasteiger partial charge in [-0.15, -0.1) is 0 Å². The number of fused-ring (bicyclic) bond motifs is 1. The van der Waals surface area contributed by atoms with Crippen LogP contribution in [0.5, 0.6) is 0 Å². The molecular formula is C25H22ClN3O3S. The molecule has 168 valence electrons. The van der Waals surface area contributed by atoms with Crippen molar-refractivity contribution in [2.24, 2.45) is 0 Å². The maximum atomic E-state index is 13.4. The number of aromatic nitrogens is 3. The highest BCUT2D eigenvalue weighted by molar-refractivity contribution is 7.99. The molecule has 0 unspecified atom stereocenters. The molecule has 2 aromatic heterocycles. The van der Waals surface area contributed by atoms with Crippen molar-refractivity contribution < 1.29 is 9.59 Å². The number of carbonyl (C=O) groups excluding carboxylic acids is 2. The lowest BCUT2D eigenvalue weighted by molar-refractivity contribution is 0.101. The molecule has 6 nitrogen and oxygen atoms in total. The predicted molar refractivity (Wildman–Crippen MR) is 132 cm³/mol. The minimum absolute atomic E-state index is 0.0441. The lowest BCUT2D eigenvalue weighted by Gasteiger charge is -2.13. The normalized spacial score (nSPS) is 11.2. The van der Waals surface area contributed by atoms with Crippen LogP contribution in [-0.2, 0) is 0 Å². The van der Waals surface area contributed by atoms with Crippen LogP contribution in [0, 0.1) is 20.8 Å². The molecule has 0 aliphatic carbocycles. The van der Waals surface area contributed by atoms with Gasteiger partial charge in [0.15, 0.2) is 16.7 Å². The molecule has 4 rings (SSSR count). The summed E-state index contributed by atoms with van der Waals surface area (Å²) in [6, 6.07) is 12.5. The van der Waals surface area contributed by atoms with Gasteiger partial charge in [0, 0.05) is 16.3 Å². The molecule has 0 fully saturated rings. The lowest BCUT2D eigenvalue weighted by atomic mass is 10.1. The first kappa shape index (κ1) is 23.0. The van der Waals surface area contributed by atoms with Crippen molar-refractivity contribution in [2.45, 2.75) is 32.9 Å². The minimum Gasteiger partial charge on any atom is -0.355 e. The number of nitrogens with zero attached hydrogens (tertiary/aromatic N) is 2. The van der Waals surface area contributed by atoms with Gasteiger partial charge in [-0.2, -0.15) is 0 Å². The number of H-pyrrole nitrogens is 1. The Morgan fingerprint density at radius 3 is 2.55 bits per heavy atom. The zero-order valence-electron chi connectivity index (χ0n) is 18.7. The van der Waals surface area contributed by atoms with E-state index in [1.54, 1.807) is 32.0 Å². The Morgan fingerprint density at radius 2 is 1.88 bits per heavy atom. The highest BCUT2D eigenvalue weighted by atomic mass is 35.5. The molecule has 1 N–H and O–H groups in total. The molecule has 0 radical (unpaired) electrons. The second-order valence-electron chi connectivity index (χ2n) is 7.93. The molecule has 0 saturated carbocycles. The Kier molecular flexibility index (Phi) is 6.28. The number of carbonyl (C=O) groups is 2. The third-order valence-electron chi connectivity index (χ3n) is 5.46. The van der Waals surface area contributed by atoms with E-state index in [0.717, 1.165) is 5.56 Å². The Balaban J connectivity index is 1.78. The Morgan fingerprint density at radius 1 is 1.12 bits per heavy atom. The SMILES string of the molecule is CC(=O)c1c(C)[nH]c(C(=O)CSc2nc3cc(Cl)ccc3c(=O)n2-c2cccc(C)c2)c1C. The third-order valence-corrected chi connectivity index (χ3v) is 6.63. The predicted octanol–water partition coefficient (Wildman–Crippen LogP) is 5.47. The molecule has 0 spiro atoms. The molecule has 0 amide bonds. The summed E-state index contributed by atoms with van der Waals surface area (Å²) in [5.41, 5.74) is 4.16. The van der Waals surface area contributed by atoms with E-state index in [-0.39, 0.29) is 22.9 Å². The first-order valence-corrected chi connectivity index (χ1v) is 11.7. The van der Waals surface area contributed by atoms with E-state index in [2.05, 4.69) is 9.97 Å². The van der Waals surface area contributed by atoms with Crippen molar-refractivity contribution in [1.29, 1.82) is 0 Å². The van der Waals surface area contributed by atoms with Gasteiger partial charge in [-0.1, -0.05) is 35.5 Å². The molecule has 0 bridgehead atoms. The summed E-state index contributed by atoms with van der Waals surface area (Å²) in [6.07, 6.45) is 0. The summed E-state index contributed by atoms with van der Waals surface area (Å²) < 4.78 is 1.52. The lowest BCUT2D eigenvalue weighted by Crippen LogP contribution is -2.22. The Bertz CT molecular complexity index is 1490. The number of Topliss-reactive ketones (excluding diaryl/α,β-unsaturated/α-hetero) is 2. The molecule has 2 aromatic carbocycles. The van der Waals surface area contributed by atoms with E-state index in [4.69, 9.17) is 11.6 Å². The van der Waals surface area contributed by atoms with Gasteiger partial charge < -0.3 is 4.98 Å². The summed E-state index contributed by atoms with van der Waals surface area (Å²) in [5.74, 6) is -0.221. The molecule has 2 heterocycles. The molecule has 33 heavy (non-hydrogen) atoms. The van der Waals surface area contributed by atoms with Crippen LogP contribution < -0.4 is 5.56 Å². The van der Waals surface area contributed by atoms with Crippen LogP contribution in [0.1, 0.15) is 44.6 Å². The number of rotatable bonds is 6. The number of hydrogen-bond acceptors (Lipinski definition) is 5. The van der Waals surface area contributed by atoms with Crippen LogP contribution in [0.3, 0.4) is 0 Å². The first-order chi connectivity index (χ1) is 15.7. The van der Waals surface area contributed by atoms with Crippen LogP contribution in [-0.4, -0.2) is 31.9 Å². The standard InChI is InChI=1S/C25H22ClN3O3S/c1-13-6-5-7-18(10-13)29-24(32)19-9-8-17(26)11-20(19)28-25(29)33-12-21(31)23-14(2)22(16(4)30)15(3)27-23/h5-11,27H,12H2,1-4H3. The third kappa shape index (κ3) is 4.38. The number of thioether (sulfide) groups is 1. The van der Waals surface area contributed by atoms with E-state index in [1.807, 2.05) is 31.2 Å². The summed E-state index contributed by atoms with van der Waals surface area (Å²) in [5, 5.41) is 1.31. The monoisotopic (exact) mass is 479 g/mol. The van der Waals surface area contributed by atoms with Gasteiger partial charge in [0.1, 0.15) is 0 Å². The largest absolute Gasteiger partial charge is 0.355 e. The molecule has 4 aromatic rings. The fourth-order valence-electron chi connectivity index (χ4n) is 3.99. The highest BCUT2D eigenvalue weighted by Crippen LogP contribution is 2.26. The van der Waals surface area contributed by atoms with E-state index in [0.29, 0.717) is 49.3 Å². The van der Waals surface area contributed by atoms with Crippen molar-refractivity contribution in [3.63, 3.8) is 0 Å². The highest BCUT2D eigenvalue weighted by Gasteiger charge is 2.21. The van der Waals surface area contributed by atoms with Crippen LogP contribution in [0.15, 0.2) is 52.4 Å². The minimum atomic E-state index is -0.233. The number of ketones is 2. The van der Waals surface area contributed by atoms with Crippen molar-refractivity contribution in [3.05, 3.63) is 85.9 Å². The van der Waals surface area contributed by atoms with Gasteiger partial charge in [-0.05, 0) is 69.2 Å². The molecule has 8 heteroatoms. The van der Waals surface area contributed by atoms with Crippen LogP contribution >= 0.6 is 23.4 Å². The van der Waals surface area contributed by atoms with Crippen molar-refractivity contribution >= 4 is 45.8 Å². The molecule has 0 saturated heterocycles. The molecule has 0 atom stereocenters. The van der Waals surface area contributed by atoms with Crippen LogP contribution in [0.25, 0.3) is 16.6 Å². The zero-order chi connectivity index (χ0) is 23.9. The van der Waals surface area contributed by atoms with Gasteiger partial charge >= 0.3 is 0 Å². The second kappa shape index (κ2) is 9.00. The maximum Gasteiger partial charge on any atom is 0.266 e. The van der Waals surface area contributed by atoms with Gasteiger partial charge in [0.05, 0.1) is 28.0 Å². The van der Waals surface area contributed by atoms with Gasteiger partial charge in [0.25, 0.3) is 5.56 Å².